The molecule has 1 saturated carbocycles. The maximum atomic E-state index is 13.4. The molecule has 38 heavy (non-hydrogen) atoms. The Morgan fingerprint density at radius 2 is 1.84 bits per heavy atom. The highest BCUT2D eigenvalue weighted by Gasteiger charge is 2.37. The molecule has 1 saturated heterocycles. The van der Waals surface area contributed by atoms with Gasteiger partial charge in [-0.1, -0.05) is 50.0 Å². The van der Waals surface area contributed by atoms with E-state index in [9.17, 15) is 24.3 Å². The Kier molecular flexibility index (Phi) is 10.2. The van der Waals surface area contributed by atoms with E-state index in [1.54, 1.807) is 18.2 Å². The van der Waals surface area contributed by atoms with E-state index >= 15 is 0 Å². The summed E-state index contributed by atoms with van der Waals surface area (Å²) in [4.78, 5) is 51.0. The van der Waals surface area contributed by atoms with Crippen LogP contribution in [0, 0.1) is 11.3 Å². The summed E-state index contributed by atoms with van der Waals surface area (Å²) in [6.07, 6.45) is 3.88. The number of carbonyl (C=O) groups excluding carboxylic acids is 4. The molecular formula is C27H36Cl2N4O5. The van der Waals surface area contributed by atoms with Gasteiger partial charge < -0.3 is 26.4 Å². The first-order valence-corrected chi connectivity index (χ1v) is 13.6. The Hall–Kier alpha value is -2.62. The first-order chi connectivity index (χ1) is 17.8. The van der Waals surface area contributed by atoms with Crippen molar-refractivity contribution >= 4 is 52.9 Å². The third kappa shape index (κ3) is 9.29. The molecule has 2 aliphatic rings. The Labute approximate surface area is 233 Å². The predicted octanol–water partition coefficient (Wildman–Crippen LogP) is 2.58. The molecule has 4 atom stereocenters. The van der Waals surface area contributed by atoms with Crippen LogP contribution in [0.3, 0.4) is 0 Å². The SMILES string of the molecule is CC(C)(C)C[C@H](NC(=O)/C=C/c1ccc(Cl)cc1Cl)C(=O)NC(CC1CCNC1=O)C(O)C(=O)NC1CC1. The largest absolute Gasteiger partial charge is 0.381 e. The van der Waals surface area contributed by atoms with E-state index in [0.29, 0.717) is 35.0 Å². The van der Waals surface area contributed by atoms with Gasteiger partial charge in [-0.2, -0.15) is 0 Å². The van der Waals surface area contributed by atoms with E-state index in [1.165, 1.54) is 12.2 Å². The van der Waals surface area contributed by atoms with Crippen LogP contribution in [0.4, 0.5) is 0 Å². The molecule has 0 radical (unpaired) electrons. The van der Waals surface area contributed by atoms with Gasteiger partial charge in [-0.3, -0.25) is 19.2 Å². The van der Waals surface area contributed by atoms with E-state index in [1.807, 2.05) is 20.8 Å². The van der Waals surface area contributed by atoms with Gasteiger partial charge in [0.1, 0.15) is 6.04 Å². The molecule has 0 bridgehead atoms. The normalized spacial score (nSPS) is 19.9. The number of carbonyl (C=O) groups is 4. The van der Waals surface area contributed by atoms with Crippen molar-refractivity contribution < 1.29 is 24.3 Å². The van der Waals surface area contributed by atoms with E-state index in [2.05, 4.69) is 21.3 Å². The molecule has 1 heterocycles. The third-order valence-electron chi connectivity index (χ3n) is 6.43. The van der Waals surface area contributed by atoms with Crippen molar-refractivity contribution in [3.8, 4) is 0 Å². The summed E-state index contributed by atoms with van der Waals surface area (Å²) in [6.45, 7) is 6.30. The standard InChI is InChI=1S/C27H36Cl2N4O5/c1-27(2,3)14-21(32-22(34)9-5-15-4-6-17(28)13-19(15)29)25(37)33-20(12-16-10-11-30-24(16)36)23(35)26(38)31-18-7-8-18/h4-6,9,13,16,18,20-21,23,35H,7-8,10-12,14H2,1-3H3,(H,30,36)(H,31,38)(H,32,34)(H,33,37)/b9-5+/t16?,20?,21-,23?/m0/s1. The van der Waals surface area contributed by atoms with Crippen LogP contribution in [0.15, 0.2) is 24.3 Å². The fraction of sp³-hybridized carbons (Fsp3) is 0.556. The van der Waals surface area contributed by atoms with Gasteiger partial charge in [0.2, 0.25) is 17.7 Å². The van der Waals surface area contributed by atoms with E-state index in [0.717, 1.165) is 12.8 Å². The van der Waals surface area contributed by atoms with E-state index in [4.69, 9.17) is 23.2 Å². The first-order valence-electron chi connectivity index (χ1n) is 12.8. The van der Waals surface area contributed by atoms with E-state index < -0.39 is 41.8 Å². The molecule has 1 aromatic rings. The second kappa shape index (κ2) is 13.0. The minimum Gasteiger partial charge on any atom is -0.381 e. The van der Waals surface area contributed by atoms with Crippen molar-refractivity contribution in [1.82, 2.24) is 21.3 Å². The van der Waals surface area contributed by atoms with Crippen LogP contribution in [0.25, 0.3) is 6.08 Å². The minimum atomic E-state index is -1.54. The van der Waals surface area contributed by atoms with Crippen molar-refractivity contribution in [3.63, 3.8) is 0 Å². The van der Waals surface area contributed by atoms with Gasteiger partial charge in [-0.05, 0) is 61.3 Å². The zero-order valence-corrected chi connectivity index (χ0v) is 23.4. The molecule has 9 nitrogen and oxygen atoms in total. The van der Waals surface area contributed by atoms with Crippen molar-refractivity contribution in [2.45, 2.75) is 77.1 Å². The number of hydrogen-bond acceptors (Lipinski definition) is 5. The average Bonchev–Trinajstić information content (AvgIpc) is 3.55. The zero-order valence-electron chi connectivity index (χ0n) is 21.9. The Morgan fingerprint density at radius 1 is 1.13 bits per heavy atom. The van der Waals surface area contributed by atoms with Gasteiger partial charge in [0.05, 0.1) is 6.04 Å². The Morgan fingerprint density at radius 3 is 2.42 bits per heavy atom. The van der Waals surface area contributed by atoms with Crippen LogP contribution in [-0.2, 0) is 19.2 Å². The van der Waals surface area contributed by atoms with Crippen LogP contribution in [0.1, 0.15) is 58.4 Å². The number of hydrogen-bond donors (Lipinski definition) is 5. The molecule has 2 fully saturated rings. The number of rotatable bonds is 11. The minimum absolute atomic E-state index is 0.0251. The average molecular weight is 568 g/mol. The molecule has 1 aromatic carbocycles. The lowest BCUT2D eigenvalue weighted by atomic mass is 9.87. The Balaban J connectivity index is 1.73. The molecule has 0 aromatic heterocycles. The second-order valence-corrected chi connectivity index (χ2v) is 12.0. The maximum absolute atomic E-state index is 13.4. The molecule has 3 rings (SSSR count). The second-order valence-electron chi connectivity index (χ2n) is 11.2. The molecule has 4 amide bonds. The predicted molar refractivity (Wildman–Crippen MR) is 146 cm³/mol. The molecule has 1 aliphatic heterocycles. The number of amides is 4. The van der Waals surface area contributed by atoms with Gasteiger partial charge in [-0.15, -0.1) is 0 Å². The topological polar surface area (TPSA) is 137 Å². The van der Waals surface area contributed by atoms with Crippen LogP contribution in [-0.4, -0.2) is 59.5 Å². The van der Waals surface area contributed by atoms with Gasteiger partial charge in [0.25, 0.3) is 5.91 Å². The molecule has 1 aliphatic carbocycles. The summed E-state index contributed by atoms with van der Waals surface area (Å²) in [7, 11) is 0. The smallest absolute Gasteiger partial charge is 0.251 e. The van der Waals surface area contributed by atoms with Gasteiger partial charge in [0, 0.05) is 34.6 Å². The van der Waals surface area contributed by atoms with Crippen molar-refractivity contribution in [3.05, 3.63) is 39.9 Å². The number of halogens is 2. The zero-order chi connectivity index (χ0) is 28.0. The quantitative estimate of drug-likeness (QED) is 0.262. The van der Waals surface area contributed by atoms with Gasteiger partial charge >= 0.3 is 0 Å². The monoisotopic (exact) mass is 566 g/mol. The summed E-state index contributed by atoms with van der Waals surface area (Å²) in [5.74, 6) is -2.27. The molecule has 0 spiro atoms. The van der Waals surface area contributed by atoms with Crippen LogP contribution < -0.4 is 21.3 Å². The summed E-state index contributed by atoms with van der Waals surface area (Å²) < 4.78 is 0. The Bertz CT molecular complexity index is 1080. The first kappa shape index (κ1) is 29.9. The summed E-state index contributed by atoms with van der Waals surface area (Å²) in [5.41, 5.74) is 0.254. The van der Waals surface area contributed by atoms with Crippen LogP contribution in [0.2, 0.25) is 10.0 Å². The third-order valence-corrected chi connectivity index (χ3v) is 6.99. The van der Waals surface area contributed by atoms with Crippen LogP contribution in [0.5, 0.6) is 0 Å². The molecule has 208 valence electrons. The molecule has 3 unspecified atom stereocenters. The number of benzene rings is 1. The lowest BCUT2D eigenvalue weighted by molar-refractivity contribution is -0.135. The fourth-order valence-corrected chi connectivity index (χ4v) is 4.74. The number of aliphatic hydroxyl groups excluding tert-OH is 1. The summed E-state index contributed by atoms with van der Waals surface area (Å²) >= 11 is 12.1. The highest BCUT2D eigenvalue weighted by molar-refractivity contribution is 6.35. The lowest BCUT2D eigenvalue weighted by Gasteiger charge is -2.30. The lowest BCUT2D eigenvalue weighted by Crippen LogP contribution is -2.56. The molecular weight excluding hydrogens is 531 g/mol. The number of aliphatic hydroxyl groups is 1. The molecule has 11 heteroatoms. The fourth-order valence-electron chi connectivity index (χ4n) is 4.27. The number of nitrogens with one attached hydrogen (secondary N) is 4. The highest BCUT2D eigenvalue weighted by atomic mass is 35.5. The summed E-state index contributed by atoms with van der Waals surface area (Å²) in [6, 6.07) is 2.95. The van der Waals surface area contributed by atoms with Crippen molar-refractivity contribution in [2.75, 3.05) is 6.54 Å². The van der Waals surface area contributed by atoms with Crippen LogP contribution >= 0.6 is 23.2 Å². The van der Waals surface area contributed by atoms with Gasteiger partial charge in [-0.25, -0.2) is 0 Å². The van der Waals surface area contributed by atoms with Crippen molar-refractivity contribution in [2.24, 2.45) is 11.3 Å². The van der Waals surface area contributed by atoms with Gasteiger partial charge in [0.15, 0.2) is 6.10 Å². The maximum Gasteiger partial charge on any atom is 0.251 e. The summed E-state index contributed by atoms with van der Waals surface area (Å²) in [5, 5.41) is 22.6. The molecule has 5 N–H and O–H groups in total. The van der Waals surface area contributed by atoms with E-state index in [-0.39, 0.29) is 23.8 Å². The van der Waals surface area contributed by atoms with Crippen molar-refractivity contribution in [1.29, 1.82) is 0 Å². The highest BCUT2D eigenvalue weighted by Crippen LogP contribution is 2.24.